The monoisotopic (exact) mass is 131 g/mol. The van der Waals surface area contributed by atoms with Crippen molar-refractivity contribution in [2.75, 3.05) is 20.1 Å². The standard InChI is InChI=1S/C5H13N3O/c1-8(6)5-3-2-4-7-9/h2-6H2,1H3. The first kappa shape index (κ1) is 8.52. The molecule has 9 heavy (non-hydrogen) atoms. The molecule has 0 aromatic carbocycles. The number of rotatable bonds is 5. The zero-order chi connectivity index (χ0) is 7.11. The van der Waals surface area contributed by atoms with Crippen LogP contribution in [0.2, 0.25) is 0 Å². The van der Waals surface area contributed by atoms with Gasteiger partial charge in [-0.05, 0) is 12.8 Å². The van der Waals surface area contributed by atoms with Gasteiger partial charge in [-0.15, -0.1) is 0 Å². The Bertz CT molecular complexity index is 74.6. The van der Waals surface area contributed by atoms with Crippen LogP contribution in [0, 0.1) is 4.91 Å². The topological polar surface area (TPSA) is 58.7 Å². The summed E-state index contributed by atoms with van der Waals surface area (Å²) in [6, 6.07) is 0. The maximum absolute atomic E-state index is 9.55. The lowest BCUT2D eigenvalue weighted by atomic mass is 10.3. The zero-order valence-electron chi connectivity index (χ0n) is 5.71. The molecule has 0 saturated heterocycles. The number of hydrazine groups is 1. The first-order valence-electron chi connectivity index (χ1n) is 3.02. The Morgan fingerprint density at radius 3 is 2.67 bits per heavy atom. The molecule has 0 bridgehead atoms. The molecule has 0 spiro atoms. The molecule has 4 nitrogen and oxygen atoms in total. The molecule has 0 radical (unpaired) electrons. The third-order valence-electron chi connectivity index (χ3n) is 1.01. The van der Waals surface area contributed by atoms with Gasteiger partial charge in [0.2, 0.25) is 0 Å². The molecule has 2 N–H and O–H groups in total. The van der Waals surface area contributed by atoms with Crippen LogP contribution in [0.4, 0.5) is 0 Å². The Morgan fingerprint density at radius 2 is 2.22 bits per heavy atom. The predicted octanol–water partition coefficient (Wildman–Crippen LogP) is 0.338. The predicted molar refractivity (Wildman–Crippen MR) is 36.7 cm³/mol. The Morgan fingerprint density at radius 1 is 1.56 bits per heavy atom. The van der Waals surface area contributed by atoms with Crippen LogP contribution >= 0.6 is 0 Å². The Balaban J connectivity index is 2.82. The number of hydrogen-bond donors (Lipinski definition) is 1. The minimum absolute atomic E-state index is 0.411. The fraction of sp³-hybridized carbons (Fsp3) is 1.00. The molecule has 0 aromatic rings. The van der Waals surface area contributed by atoms with Crippen molar-refractivity contribution >= 4 is 0 Å². The van der Waals surface area contributed by atoms with Crippen LogP contribution in [-0.4, -0.2) is 25.1 Å². The van der Waals surface area contributed by atoms with E-state index in [0.717, 1.165) is 19.4 Å². The van der Waals surface area contributed by atoms with Crippen LogP contribution in [0.1, 0.15) is 12.8 Å². The number of unbranched alkanes of at least 4 members (excludes halogenated alkanes) is 1. The van der Waals surface area contributed by atoms with E-state index in [-0.39, 0.29) is 0 Å². The van der Waals surface area contributed by atoms with Gasteiger partial charge in [0.1, 0.15) is 0 Å². The van der Waals surface area contributed by atoms with Crippen LogP contribution in [0.15, 0.2) is 5.18 Å². The molecule has 4 heteroatoms. The van der Waals surface area contributed by atoms with Crippen LogP contribution in [0.3, 0.4) is 0 Å². The van der Waals surface area contributed by atoms with Crippen LogP contribution in [0.25, 0.3) is 0 Å². The molecule has 0 heterocycles. The van der Waals surface area contributed by atoms with E-state index < -0.39 is 0 Å². The summed E-state index contributed by atoms with van der Waals surface area (Å²) in [6.45, 7) is 1.24. The molecular weight excluding hydrogens is 118 g/mol. The molecule has 0 amide bonds. The molecule has 0 aliphatic rings. The van der Waals surface area contributed by atoms with Crippen molar-refractivity contribution in [1.29, 1.82) is 0 Å². The van der Waals surface area contributed by atoms with Gasteiger partial charge in [0.05, 0.1) is 6.54 Å². The van der Waals surface area contributed by atoms with Gasteiger partial charge in [0.15, 0.2) is 0 Å². The molecule has 0 unspecified atom stereocenters. The number of nitroso groups, excluding NO2 is 1. The van der Waals surface area contributed by atoms with Crippen molar-refractivity contribution < 1.29 is 0 Å². The zero-order valence-corrected chi connectivity index (χ0v) is 5.71. The first-order valence-corrected chi connectivity index (χ1v) is 3.02. The van der Waals surface area contributed by atoms with Crippen molar-refractivity contribution in [3.63, 3.8) is 0 Å². The van der Waals surface area contributed by atoms with Gasteiger partial charge in [-0.2, -0.15) is 4.91 Å². The van der Waals surface area contributed by atoms with Crippen molar-refractivity contribution in [2.45, 2.75) is 12.8 Å². The van der Waals surface area contributed by atoms with E-state index in [9.17, 15) is 4.91 Å². The SMILES string of the molecule is CN(N)CCCCN=O. The van der Waals surface area contributed by atoms with E-state index in [2.05, 4.69) is 5.18 Å². The van der Waals surface area contributed by atoms with Gasteiger partial charge in [-0.1, -0.05) is 5.18 Å². The summed E-state index contributed by atoms with van der Waals surface area (Å²) in [5.41, 5.74) is 0. The minimum Gasteiger partial charge on any atom is -0.269 e. The van der Waals surface area contributed by atoms with Gasteiger partial charge in [-0.3, -0.25) is 10.9 Å². The van der Waals surface area contributed by atoms with E-state index in [1.54, 1.807) is 12.1 Å². The quantitative estimate of drug-likeness (QED) is 0.253. The highest BCUT2D eigenvalue weighted by Crippen LogP contribution is 1.88. The summed E-state index contributed by atoms with van der Waals surface area (Å²) in [5, 5.41) is 4.33. The summed E-state index contributed by atoms with van der Waals surface area (Å²) < 4.78 is 0. The molecule has 0 rings (SSSR count). The van der Waals surface area contributed by atoms with Crippen molar-refractivity contribution in [1.82, 2.24) is 5.01 Å². The highest BCUT2D eigenvalue weighted by molar-refractivity contribution is 4.45. The Labute approximate surface area is 55.0 Å². The van der Waals surface area contributed by atoms with E-state index in [0.29, 0.717) is 6.54 Å². The second-order valence-corrected chi connectivity index (χ2v) is 2.04. The van der Waals surface area contributed by atoms with Gasteiger partial charge >= 0.3 is 0 Å². The maximum Gasteiger partial charge on any atom is 0.0811 e. The van der Waals surface area contributed by atoms with Gasteiger partial charge in [0, 0.05) is 13.6 Å². The lowest BCUT2D eigenvalue weighted by Crippen LogP contribution is -2.26. The molecular formula is C5H13N3O. The second kappa shape index (κ2) is 5.65. The van der Waals surface area contributed by atoms with Gasteiger partial charge in [-0.25, -0.2) is 0 Å². The summed E-state index contributed by atoms with van der Waals surface area (Å²) in [5.74, 6) is 5.30. The minimum atomic E-state index is 0.411. The summed E-state index contributed by atoms with van der Waals surface area (Å²) in [7, 11) is 1.80. The normalized spacial score (nSPS) is 10.1. The fourth-order valence-corrected chi connectivity index (χ4v) is 0.538. The Hall–Kier alpha value is -0.480. The summed E-state index contributed by atoms with van der Waals surface area (Å²) in [6.07, 6.45) is 1.78. The first-order chi connectivity index (χ1) is 4.27. The highest BCUT2D eigenvalue weighted by Gasteiger charge is 1.89. The molecule has 0 saturated carbocycles. The van der Waals surface area contributed by atoms with Gasteiger partial charge in [0.25, 0.3) is 0 Å². The molecule has 0 aliphatic heterocycles. The van der Waals surface area contributed by atoms with Crippen LogP contribution < -0.4 is 5.84 Å². The van der Waals surface area contributed by atoms with Crippen molar-refractivity contribution in [3.05, 3.63) is 4.91 Å². The summed E-state index contributed by atoms with van der Waals surface area (Å²) in [4.78, 5) is 9.55. The highest BCUT2D eigenvalue weighted by atomic mass is 16.3. The van der Waals surface area contributed by atoms with Crippen molar-refractivity contribution in [2.24, 2.45) is 11.0 Å². The van der Waals surface area contributed by atoms with E-state index in [1.807, 2.05) is 0 Å². The van der Waals surface area contributed by atoms with Gasteiger partial charge < -0.3 is 0 Å². The second-order valence-electron chi connectivity index (χ2n) is 2.04. The smallest absolute Gasteiger partial charge is 0.0811 e. The number of nitrogens with two attached hydrogens (primary N) is 1. The summed E-state index contributed by atoms with van der Waals surface area (Å²) >= 11 is 0. The van der Waals surface area contributed by atoms with E-state index >= 15 is 0 Å². The maximum atomic E-state index is 9.55. The van der Waals surface area contributed by atoms with E-state index in [4.69, 9.17) is 5.84 Å². The fourth-order valence-electron chi connectivity index (χ4n) is 0.538. The average Bonchev–Trinajstić information content (AvgIpc) is 1.80. The lowest BCUT2D eigenvalue weighted by molar-refractivity contribution is 0.340. The molecule has 0 aromatic heterocycles. The van der Waals surface area contributed by atoms with Crippen LogP contribution in [0.5, 0.6) is 0 Å². The molecule has 0 atom stereocenters. The average molecular weight is 131 g/mol. The number of hydrogen-bond acceptors (Lipinski definition) is 4. The third kappa shape index (κ3) is 7.52. The number of nitrogens with zero attached hydrogens (tertiary/aromatic N) is 2. The van der Waals surface area contributed by atoms with E-state index in [1.165, 1.54) is 0 Å². The van der Waals surface area contributed by atoms with Crippen LogP contribution in [-0.2, 0) is 0 Å². The lowest BCUT2D eigenvalue weighted by Gasteiger charge is -2.06. The molecule has 0 fully saturated rings. The largest absolute Gasteiger partial charge is 0.269 e. The Kier molecular flexibility index (Phi) is 5.35. The molecule has 54 valence electrons. The van der Waals surface area contributed by atoms with Crippen molar-refractivity contribution in [3.8, 4) is 0 Å². The third-order valence-corrected chi connectivity index (χ3v) is 1.01. The molecule has 0 aliphatic carbocycles.